The molecule has 37 heavy (non-hydrogen) atoms. The van der Waals surface area contributed by atoms with Gasteiger partial charge in [0.15, 0.2) is 5.13 Å². The molecule has 1 saturated heterocycles. The molecule has 2 aromatic heterocycles. The number of imidazole rings is 1. The predicted molar refractivity (Wildman–Crippen MR) is 130 cm³/mol. The number of anilines is 2. The molecule has 1 amide bonds. The molecule has 0 radical (unpaired) electrons. The average Bonchev–Trinajstić information content (AvgIpc) is 3.38. The normalized spacial score (nSPS) is 14.8. The summed E-state index contributed by atoms with van der Waals surface area (Å²) < 4.78 is 63.7. The Morgan fingerprint density at radius 1 is 1.16 bits per heavy atom. The lowest BCUT2D eigenvalue weighted by molar-refractivity contribution is -0.274. The second kappa shape index (κ2) is 10.1. The van der Waals surface area contributed by atoms with Gasteiger partial charge in [0, 0.05) is 45.4 Å². The maximum absolute atomic E-state index is 14.8. The molecule has 2 N–H and O–H groups in total. The lowest BCUT2D eigenvalue weighted by Crippen LogP contribution is -2.41. The number of benzene rings is 2. The van der Waals surface area contributed by atoms with Crippen LogP contribution >= 0.6 is 11.3 Å². The zero-order chi connectivity index (χ0) is 26.2. The molecule has 1 aliphatic heterocycles. The lowest BCUT2D eigenvalue weighted by Gasteiger charge is -2.26. The van der Waals surface area contributed by atoms with Gasteiger partial charge in [0.05, 0.1) is 40.0 Å². The number of carbonyl (C=O) groups is 1. The average molecular weight is 539 g/mol. The quantitative estimate of drug-likeness (QED) is 0.343. The van der Waals surface area contributed by atoms with Crippen molar-refractivity contribution in [2.75, 3.05) is 44.7 Å². The van der Waals surface area contributed by atoms with Crippen molar-refractivity contribution in [3.63, 3.8) is 0 Å². The fourth-order valence-corrected chi connectivity index (χ4v) is 4.89. The topological polar surface area (TPSA) is 93.5 Å². The van der Waals surface area contributed by atoms with E-state index in [1.54, 1.807) is 11.6 Å². The number of fused-ring (bicyclic) bond motifs is 2. The molecule has 0 bridgehead atoms. The van der Waals surface area contributed by atoms with Gasteiger partial charge in [-0.05, 0) is 18.2 Å². The van der Waals surface area contributed by atoms with Crippen LogP contribution in [0.3, 0.4) is 0 Å². The number of aryl methyl sites for hydroxylation is 1. The third-order valence-electron chi connectivity index (χ3n) is 5.84. The summed E-state index contributed by atoms with van der Waals surface area (Å²) in [6.45, 7) is 3.90. The van der Waals surface area contributed by atoms with Crippen molar-refractivity contribution in [3.8, 4) is 5.75 Å². The number of amides is 1. The number of carbonyl (C=O) groups excluding carboxylic acids is 1. The smallest absolute Gasteiger partial charge is 0.406 e. The van der Waals surface area contributed by atoms with Gasteiger partial charge < -0.3 is 24.7 Å². The number of aromatic nitrogens is 3. The van der Waals surface area contributed by atoms with E-state index in [1.165, 1.54) is 30.3 Å². The number of nitrogens with one attached hydrogen (secondary N) is 2. The first-order valence-electron chi connectivity index (χ1n) is 11.3. The van der Waals surface area contributed by atoms with Crippen LogP contribution in [0.25, 0.3) is 21.3 Å². The van der Waals surface area contributed by atoms with Crippen LogP contribution < -0.4 is 15.4 Å². The second-order valence-corrected chi connectivity index (χ2v) is 9.38. The molecule has 3 heterocycles. The molecule has 14 heteroatoms. The van der Waals surface area contributed by atoms with Crippen molar-refractivity contribution in [2.24, 2.45) is 7.05 Å². The molecule has 0 saturated carbocycles. The number of ether oxygens (including phenoxy) is 2. The van der Waals surface area contributed by atoms with E-state index in [4.69, 9.17) is 4.74 Å². The number of thiazole rings is 1. The highest BCUT2D eigenvalue weighted by atomic mass is 32.1. The predicted octanol–water partition coefficient (Wildman–Crippen LogP) is 4.03. The number of halogens is 4. The Kier molecular flexibility index (Phi) is 6.88. The van der Waals surface area contributed by atoms with Crippen molar-refractivity contribution in [1.29, 1.82) is 0 Å². The molecule has 0 aliphatic carbocycles. The molecule has 4 aromatic rings. The first kappa shape index (κ1) is 25.2. The minimum absolute atomic E-state index is 0.115. The van der Waals surface area contributed by atoms with E-state index in [0.717, 1.165) is 24.4 Å². The third-order valence-corrected chi connectivity index (χ3v) is 6.78. The maximum Gasteiger partial charge on any atom is 0.573 e. The monoisotopic (exact) mass is 538 g/mol. The molecule has 2 aromatic carbocycles. The minimum atomic E-state index is -4.79. The van der Waals surface area contributed by atoms with Gasteiger partial charge in [0.1, 0.15) is 11.6 Å². The number of hydrogen-bond donors (Lipinski definition) is 2. The van der Waals surface area contributed by atoms with Crippen LogP contribution in [0, 0.1) is 5.82 Å². The van der Waals surface area contributed by atoms with Gasteiger partial charge in [0.2, 0.25) is 5.95 Å². The Morgan fingerprint density at radius 3 is 2.70 bits per heavy atom. The van der Waals surface area contributed by atoms with E-state index in [-0.39, 0.29) is 11.3 Å². The fraction of sp³-hybridized carbons (Fsp3) is 0.348. The van der Waals surface area contributed by atoms with Crippen LogP contribution in [0.2, 0.25) is 0 Å². The van der Waals surface area contributed by atoms with Crippen LogP contribution in [0.1, 0.15) is 10.4 Å². The molecule has 0 spiro atoms. The summed E-state index contributed by atoms with van der Waals surface area (Å²) in [5.74, 6) is -1.23. The first-order chi connectivity index (χ1) is 17.7. The molecule has 1 aliphatic rings. The molecule has 1 fully saturated rings. The van der Waals surface area contributed by atoms with Gasteiger partial charge in [-0.1, -0.05) is 11.3 Å². The lowest BCUT2D eigenvalue weighted by atomic mass is 10.1. The number of nitrogens with zero attached hydrogens (tertiary/aromatic N) is 4. The van der Waals surface area contributed by atoms with Crippen LogP contribution in [0.5, 0.6) is 5.75 Å². The number of rotatable bonds is 7. The van der Waals surface area contributed by atoms with Gasteiger partial charge in [-0.3, -0.25) is 9.69 Å². The summed E-state index contributed by atoms with van der Waals surface area (Å²) in [4.78, 5) is 23.6. The summed E-state index contributed by atoms with van der Waals surface area (Å²) in [6.07, 6.45) is -4.79. The van der Waals surface area contributed by atoms with Crippen molar-refractivity contribution < 1.29 is 31.8 Å². The van der Waals surface area contributed by atoms with Crippen LogP contribution in [0.15, 0.2) is 30.3 Å². The van der Waals surface area contributed by atoms with Crippen molar-refractivity contribution in [1.82, 2.24) is 24.8 Å². The van der Waals surface area contributed by atoms with Gasteiger partial charge in [0.25, 0.3) is 5.91 Å². The second-order valence-electron chi connectivity index (χ2n) is 8.35. The summed E-state index contributed by atoms with van der Waals surface area (Å²) in [7, 11) is 1.67. The zero-order valence-corrected chi connectivity index (χ0v) is 20.4. The van der Waals surface area contributed by atoms with Gasteiger partial charge in [-0.15, -0.1) is 13.2 Å². The highest BCUT2D eigenvalue weighted by Gasteiger charge is 2.31. The summed E-state index contributed by atoms with van der Waals surface area (Å²) in [6, 6.07) is 6.49. The Morgan fingerprint density at radius 2 is 1.95 bits per heavy atom. The van der Waals surface area contributed by atoms with Crippen molar-refractivity contribution >= 4 is 49.6 Å². The van der Waals surface area contributed by atoms with Crippen molar-refractivity contribution in [2.45, 2.75) is 6.36 Å². The number of morpholine rings is 1. The first-order valence-corrected chi connectivity index (χ1v) is 12.2. The SMILES string of the molecule is Cn1c(Nc2nc3ccc(OC(F)(F)F)cc3s2)nc2cc(C(=O)NCCN3CCOCC3)c(F)cc21. The van der Waals surface area contributed by atoms with E-state index >= 15 is 0 Å². The van der Waals surface area contributed by atoms with Crippen LogP contribution in [-0.4, -0.2) is 71.1 Å². The molecular weight excluding hydrogens is 516 g/mol. The Labute approximate surface area is 212 Å². The Balaban J connectivity index is 1.31. The molecule has 196 valence electrons. The van der Waals surface area contributed by atoms with E-state index in [9.17, 15) is 22.4 Å². The molecular formula is C23H22F4N6O3S. The van der Waals surface area contributed by atoms with E-state index in [2.05, 4.69) is 30.2 Å². The van der Waals surface area contributed by atoms with Gasteiger partial charge >= 0.3 is 6.36 Å². The summed E-state index contributed by atoms with van der Waals surface area (Å²) in [5, 5.41) is 6.14. The molecule has 9 nitrogen and oxygen atoms in total. The molecule has 0 unspecified atom stereocenters. The summed E-state index contributed by atoms with van der Waals surface area (Å²) in [5.41, 5.74) is 1.21. The van der Waals surface area contributed by atoms with Gasteiger partial charge in [-0.2, -0.15) is 0 Å². The van der Waals surface area contributed by atoms with E-state index in [1.807, 2.05) is 0 Å². The minimum Gasteiger partial charge on any atom is -0.406 e. The Bertz CT molecular complexity index is 1450. The largest absolute Gasteiger partial charge is 0.573 e. The highest BCUT2D eigenvalue weighted by Crippen LogP contribution is 2.33. The maximum atomic E-state index is 14.8. The van der Waals surface area contributed by atoms with Crippen LogP contribution in [-0.2, 0) is 11.8 Å². The van der Waals surface area contributed by atoms with E-state index in [0.29, 0.717) is 58.6 Å². The molecule has 0 atom stereocenters. The fourth-order valence-electron chi connectivity index (χ4n) is 4.00. The standard InChI is InChI=1S/C23H22F4N6O3S/c1-32-18-12-15(24)14(20(34)28-4-5-33-6-8-35-9-7-33)11-17(18)29-21(32)31-22-30-16-3-2-13(10-19(16)37-22)36-23(25,26)27/h2-3,10-12H,4-9H2,1H3,(H,28,34)(H,29,30,31). The highest BCUT2D eigenvalue weighted by molar-refractivity contribution is 7.22. The van der Waals surface area contributed by atoms with Gasteiger partial charge in [-0.25, -0.2) is 14.4 Å². The zero-order valence-electron chi connectivity index (χ0n) is 19.6. The van der Waals surface area contributed by atoms with Crippen molar-refractivity contribution in [3.05, 3.63) is 41.7 Å². The Hall–Kier alpha value is -3.49. The van der Waals surface area contributed by atoms with Crippen LogP contribution in [0.4, 0.5) is 28.6 Å². The third kappa shape index (κ3) is 5.76. The summed E-state index contributed by atoms with van der Waals surface area (Å²) >= 11 is 1.11. The molecule has 5 rings (SSSR count). The number of hydrogen-bond acceptors (Lipinski definition) is 8. The number of alkyl halides is 3. The van der Waals surface area contributed by atoms with E-state index < -0.39 is 18.1 Å².